The van der Waals surface area contributed by atoms with E-state index in [4.69, 9.17) is 0 Å². The molecule has 1 heterocycles. The summed E-state index contributed by atoms with van der Waals surface area (Å²) in [6.45, 7) is 2.21. The van der Waals surface area contributed by atoms with Crippen LogP contribution in [0, 0.1) is 12.7 Å². The second-order valence-corrected chi connectivity index (χ2v) is 6.77. The number of hydrogen-bond acceptors (Lipinski definition) is 3. The first kappa shape index (κ1) is 17.3. The molecule has 3 aromatic rings. The minimum absolute atomic E-state index is 0.0421. The van der Waals surface area contributed by atoms with Crippen molar-refractivity contribution in [1.82, 2.24) is 5.32 Å². The van der Waals surface area contributed by atoms with E-state index in [1.807, 2.05) is 18.4 Å². The van der Waals surface area contributed by atoms with Gasteiger partial charge in [0.25, 0.3) is 0 Å². The first-order valence-corrected chi connectivity index (χ1v) is 8.88. The summed E-state index contributed by atoms with van der Waals surface area (Å²) in [5.41, 5.74) is 2.89. The predicted molar refractivity (Wildman–Crippen MR) is 100 cm³/mol. The number of aryl methyl sites for hydroxylation is 1. The molecule has 1 amide bonds. The smallest absolute Gasteiger partial charge is 0.238 e. The fraction of sp³-hybridized carbons (Fsp3) is 0.150. The number of thiophene rings is 1. The van der Waals surface area contributed by atoms with Gasteiger partial charge in [0.15, 0.2) is 0 Å². The van der Waals surface area contributed by atoms with E-state index in [1.54, 1.807) is 23.5 Å². The molecule has 1 aromatic heterocycles. The second kappa shape index (κ2) is 8.05. The van der Waals surface area contributed by atoms with Gasteiger partial charge in [-0.2, -0.15) is 0 Å². The maximum absolute atomic E-state index is 12.9. The molecule has 0 aliphatic heterocycles. The van der Waals surface area contributed by atoms with E-state index in [1.165, 1.54) is 17.7 Å². The topological polar surface area (TPSA) is 41.1 Å². The lowest BCUT2D eigenvalue weighted by atomic mass is 10.0. The number of nitrogens with one attached hydrogen (secondary N) is 2. The summed E-state index contributed by atoms with van der Waals surface area (Å²) in [5, 5.41) is 8.10. The van der Waals surface area contributed by atoms with E-state index < -0.39 is 0 Å². The molecule has 3 rings (SSSR count). The molecule has 2 aromatic carbocycles. The molecule has 0 fully saturated rings. The fourth-order valence-corrected chi connectivity index (χ4v) is 3.36. The van der Waals surface area contributed by atoms with E-state index in [-0.39, 0.29) is 24.3 Å². The summed E-state index contributed by atoms with van der Waals surface area (Å²) < 4.78 is 12.9. The van der Waals surface area contributed by atoms with Crippen molar-refractivity contribution >= 4 is 22.9 Å². The zero-order chi connectivity index (χ0) is 17.6. The van der Waals surface area contributed by atoms with Gasteiger partial charge in [-0.25, -0.2) is 4.39 Å². The largest absolute Gasteiger partial charge is 0.325 e. The molecule has 128 valence electrons. The average Bonchev–Trinajstić information content (AvgIpc) is 3.13. The molecule has 3 nitrogen and oxygen atoms in total. The van der Waals surface area contributed by atoms with Crippen molar-refractivity contribution in [3.8, 4) is 0 Å². The molecular weight excluding hydrogens is 335 g/mol. The highest BCUT2D eigenvalue weighted by atomic mass is 32.1. The molecule has 0 saturated carbocycles. The fourth-order valence-electron chi connectivity index (χ4n) is 2.53. The van der Waals surface area contributed by atoms with E-state index in [0.29, 0.717) is 5.69 Å². The Labute approximate surface area is 150 Å². The number of amides is 1. The summed E-state index contributed by atoms with van der Waals surface area (Å²) in [5.74, 6) is -0.492. The molecule has 1 atom stereocenters. The Morgan fingerprint density at radius 1 is 1.08 bits per heavy atom. The molecule has 0 aliphatic rings. The molecule has 0 bridgehead atoms. The number of anilines is 1. The Morgan fingerprint density at radius 2 is 1.80 bits per heavy atom. The molecule has 2 N–H and O–H groups in total. The van der Waals surface area contributed by atoms with Crippen LogP contribution in [0.4, 0.5) is 10.1 Å². The van der Waals surface area contributed by atoms with E-state index in [0.717, 1.165) is 10.4 Å². The monoisotopic (exact) mass is 354 g/mol. The second-order valence-electron chi connectivity index (χ2n) is 5.80. The van der Waals surface area contributed by atoms with Gasteiger partial charge < -0.3 is 5.32 Å². The molecule has 0 unspecified atom stereocenters. The van der Waals surface area contributed by atoms with Crippen LogP contribution in [0.25, 0.3) is 0 Å². The molecule has 0 radical (unpaired) electrons. The lowest BCUT2D eigenvalue weighted by Crippen LogP contribution is -2.31. The molecule has 0 saturated heterocycles. The van der Waals surface area contributed by atoms with Crippen LogP contribution in [-0.2, 0) is 4.79 Å². The van der Waals surface area contributed by atoms with Crippen LogP contribution in [0.15, 0.2) is 66.0 Å². The number of benzene rings is 2. The number of carbonyl (C=O) groups excluding carboxylic acids is 1. The third-order valence-corrected chi connectivity index (χ3v) is 4.77. The van der Waals surface area contributed by atoms with Crippen molar-refractivity contribution < 1.29 is 9.18 Å². The van der Waals surface area contributed by atoms with Crippen LogP contribution in [0.3, 0.4) is 0 Å². The minimum atomic E-state index is -0.326. The normalized spacial score (nSPS) is 11.9. The van der Waals surface area contributed by atoms with Gasteiger partial charge in [0, 0.05) is 10.6 Å². The van der Waals surface area contributed by atoms with Crippen molar-refractivity contribution in [3.63, 3.8) is 0 Å². The number of hydrogen-bond donors (Lipinski definition) is 2. The van der Waals surface area contributed by atoms with Crippen LogP contribution in [0.5, 0.6) is 0 Å². The van der Waals surface area contributed by atoms with Gasteiger partial charge >= 0.3 is 0 Å². The van der Waals surface area contributed by atoms with Crippen LogP contribution in [0.1, 0.15) is 22.0 Å². The number of rotatable bonds is 6. The first-order chi connectivity index (χ1) is 12.1. The lowest BCUT2D eigenvalue weighted by Gasteiger charge is -2.18. The van der Waals surface area contributed by atoms with E-state index >= 15 is 0 Å². The molecule has 5 heteroatoms. The highest BCUT2D eigenvalue weighted by molar-refractivity contribution is 7.10. The summed E-state index contributed by atoms with van der Waals surface area (Å²) in [7, 11) is 0. The van der Waals surface area contributed by atoms with Crippen molar-refractivity contribution in [2.45, 2.75) is 13.0 Å². The van der Waals surface area contributed by atoms with Gasteiger partial charge in [0.1, 0.15) is 5.82 Å². The maximum Gasteiger partial charge on any atom is 0.238 e. The van der Waals surface area contributed by atoms with Crippen LogP contribution in [-0.4, -0.2) is 12.5 Å². The van der Waals surface area contributed by atoms with Crippen molar-refractivity contribution in [2.24, 2.45) is 0 Å². The lowest BCUT2D eigenvalue weighted by molar-refractivity contribution is -0.115. The van der Waals surface area contributed by atoms with Gasteiger partial charge in [-0.1, -0.05) is 35.9 Å². The SMILES string of the molecule is Cc1ccc([C@H](NCC(=O)Nc2ccc(F)cc2)c2cccs2)cc1. The van der Waals surface area contributed by atoms with Gasteiger partial charge in [-0.15, -0.1) is 11.3 Å². The average molecular weight is 354 g/mol. The summed E-state index contributed by atoms with van der Waals surface area (Å²) in [4.78, 5) is 13.3. The Kier molecular flexibility index (Phi) is 5.58. The van der Waals surface area contributed by atoms with Crippen molar-refractivity contribution in [2.75, 3.05) is 11.9 Å². The Hall–Kier alpha value is -2.50. The van der Waals surface area contributed by atoms with Crippen LogP contribution in [0.2, 0.25) is 0 Å². The first-order valence-electron chi connectivity index (χ1n) is 8.00. The standard InChI is InChI=1S/C20H19FN2OS/c1-14-4-6-15(7-5-14)20(18-3-2-12-25-18)22-13-19(24)23-17-10-8-16(21)9-11-17/h2-12,20,22H,13H2,1H3,(H,23,24)/t20-/m0/s1. The summed E-state index contributed by atoms with van der Waals surface area (Å²) >= 11 is 1.65. The number of halogens is 1. The van der Waals surface area contributed by atoms with Crippen molar-refractivity contribution in [1.29, 1.82) is 0 Å². The maximum atomic E-state index is 12.9. The van der Waals surface area contributed by atoms with Gasteiger partial charge in [-0.05, 0) is 48.2 Å². The third kappa shape index (κ3) is 4.75. The van der Waals surface area contributed by atoms with Crippen molar-refractivity contribution in [3.05, 3.63) is 87.9 Å². The zero-order valence-corrected chi connectivity index (χ0v) is 14.6. The van der Waals surface area contributed by atoms with Crippen LogP contribution >= 0.6 is 11.3 Å². The van der Waals surface area contributed by atoms with Crippen LogP contribution < -0.4 is 10.6 Å². The van der Waals surface area contributed by atoms with E-state index in [9.17, 15) is 9.18 Å². The quantitative estimate of drug-likeness (QED) is 0.684. The minimum Gasteiger partial charge on any atom is -0.325 e. The Morgan fingerprint density at radius 3 is 2.44 bits per heavy atom. The van der Waals surface area contributed by atoms with Gasteiger partial charge in [0.2, 0.25) is 5.91 Å². The highest BCUT2D eigenvalue weighted by Crippen LogP contribution is 2.26. The summed E-state index contributed by atoms with van der Waals surface area (Å²) in [6.07, 6.45) is 0. The van der Waals surface area contributed by atoms with Gasteiger partial charge in [0.05, 0.1) is 12.6 Å². The van der Waals surface area contributed by atoms with E-state index in [2.05, 4.69) is 41.0 Å². The third-order valence-electron chi connectivity index (χ3n) is 3.83. The number of carbonyl (C=O) groups is 1. The van der Waals surface area contributed by atoms with Gasteiger partial charge in [-0.3, -0.25) is 10.1 Å². The predicted octanol–water partition coefficient (Wildman–Crippen LogP) is 4.51. The molecule has 0 aliphatic carbocycles. The molecule has 25 heavy (non-hydrogen) atoms. The molecule has 0 spiro atoms. The highest BCUT2D eigenvalue weighted by Gasteiger charge is 2.16. The molecular formula is C20H19FN2OS. The Balaban J connectivity index is 1.67. The summed E-state index contributed by atoms with van der Waals surface area (Å²) in [6, 6.07) is 18.0. The Bertz CT molecular complexity index is 814. The zero-order valence-electron chi connectivity index (χ0n) is 13.8.